The van der Waals surface area contributed by atoms with E-state index >= 15 is 0 Å². The van der Waals surface area contributed by atoms with Crippen molar-refractivity contribution < 1.29 is 8.42 Å². The van der Waals surface area contributed by atoms with Crippen molar-refractivity contribution in [2.24, 2.45) is 10.9 Å². The summed E-state index contributed by atoms with van der Waals surface area (Å²) in [5.41, 5.74) is 0. The summed E-state index contributed by atoms with van der Waals surface area (Å²) in [6.45, 7) is 9.75. The third-order valence-electron chi connectivity index (χ3n) is 2.26. The molecule has 0 amide bonds. The molecular weight excluding hydrogens is 377 g/mol. The maximum atomic E-state index is 11.1. The van der Waals surface area contributed by atoms with Crippen LogP contribution in [0.15, 0.2) is 4.99 Å². The van der Waals surface area contributed by atoms with Crippen molar-refractivity contribution >= 4 is 39.8 Å². The molecule has 0 bridgehead atoms. The first kappa shape index (κ1) is 21.3. The van der Waals surface area contributed by atoms with Crippen LogP contribution >= 0.6 is 24.0 Å². The van der Waals surface area contributed by atoms with E-state index in [1.54, 1.807) is 0 Å². The average molecular weight is 405 g/mol. The van der Waals surface area contributed by atoms with E-state index in [4.69, 9.17) is 0 Å². The average Bonchev–Trinajstić information content (AvgIpc) is 2.22. The van der Waals surface area contributed by atoms with Crippen LogP contribution in [0.4, 0.5) is 0 Å². The zero-order chi connectivity index (χ0) is 14.2. The Morgan fingerprint density at radius 2 is 1.84 bits per heavy atom. The molecule has 0 radical (unpaired) electrons. The van der Waals surface area contributed by atoms with Crippen LogP contribution in [-0.4, -0.2) is 45.5 Å². The van der Waals surface area contributed by atoms with E-state index < -0.39 is 9.84 Å². The number of halogens is 1. The lowest BCUT2D eigenvalue weighted by atomic mass is 10.2. The predicted octanol–water partition coefficient (Wildman–Crippen LogP) is 1.64. The van der Waals surface area contributed by atoms with Gasteiger partial charge in [-0.05, 0) is 26.2 Å². The summed E-state index contributed by atoms with van der Waals surface area (Å²) in [4.78, 5) is 4.44. The van der Waals surface area contributed by atoms with Crippen LogP contribution < -0.4 is 10.6 Å². The molecule has 0 aliphatic heterocycles. The fraction of sp³-hybridized carbons (Fsp3) is 0.917. The summed E-state index contributed by atoms with van der Waals surface area (Å²) in [7, 11) is -2.89. The second-order valence-electron chi connectivity index (χ2n) is 5.08. The van der Waals surface area contributed by atoms with Gasteiger partial charge in [-0.1, -0.05) is 13.8 Å². The van der Waals surface area contributed by atoms with Gasteiger partial charge in [0.2, 0.25) is 0 Å². The molecule has 1 atom stereocenters. The Morgan fingerprint density at radius 1 is 1.26 bits per heavy atom. The van der Waals surface area contributed by atoms with Gasteiger partial charge in [-0.15, -0.1) is 24.0 Å². The minimum Gasteiger partial charge on any atom is -0.357 e. The van der Waals surface area contributed by atoms with E-state index in [1.165, 1.54) is 6.26 Å². The van der Waals surface area contributed by atoms with Crippen LogP contribution in [0.25, 0.3) is 0 Å². The predicted molar refractivity (Wildman–Crippen MR) is 93.2 cm³/mol. The van der Waals surface area contributed by atoms with Gasteiger partial charge in [0, 0.05) is 25.4 Å². The fourth-order valence-corrected chi connectivity index (χ4v) is 2.07. The molecule has 0 aliphatic carbocycles. The number of nitrogens with zero attached hydrogens (tertiary/aromatic N) is 1. The minimum absolute atomic E-state index is 0. The van der Waals surface area contributed by atoms with E-state index in [1.807, 2.05) is 13.8 Å². The molecule has 0 aromatic heterocycles. The summed E-state index contributed by atoms with van der Waals surface area (Å²) in [6, 6.07) is 0.0877. The maximum Gasteiger partial charge on any atom is 0.191 e. The van der Waals surface area contributed by atoms with Gasteiger partial charge in [0.15, 0.2) is 5.96 Å². The lowest BCUT2D eigenvalue weighted by Crippen LogP contribution is -2.43. The van der Waals surface area contributed by atoms with Crippen molar-refractivity contribution in [3.8, 4) is 0 Å². The number of hydrogen-bond donors (Lipinski definition) is 2. The number of nitrogens with one attached hydrogen (secondary N) is 2. The van der Waals surface area contributed by atoms with Crippen molar-refractivity contribution in [1.82, 2.24) is 10.6 Å². The number of rotatable bonds is 7. The molecular formula is C12H28IN3O2S. The van der Waals surface area contributed by atoms with Crippen molar-refractivity contribution in [3.05, 3.63) is 0 Å². The van der Waals surface area contributed by atoms with Gasteiger partial charge >= 0.3 is 0 Å². The highest BCUT2D eigenvalue weighted by atomic mass is 127. The van der Waals surface area contributed by atoms with Crippen molar-refractivity contribution in [3.63, 3.8) is 0 Å². The number of sulfone groups is 1. The first-order valence-electron chi connectivity index (χ1n) is 6.47. The third-order valence-corrected chi connectivity index (χ3v) is 3.24. The molecule has 0 spiro atoms. The van der Waals surface area contributed by atoms with Crippen LogP contribution in [-0.2, 0) is 9.84 Å². The molecule has 19 heavy (non-hydrogen) atoms. The Kier molecular flexibility index (Phi) is 12.0. The standard InChI is InChI=1S/C12H27N3O2S.HI/c1-6-13-12(14-9-10(2)3)15-11(4)7-8-18(5,16)17;/h10-11H,6-9H2,1-5H3,(H2,13,14,15);1H. The summed E-state index contributed by atoms with van der Waals surface area (Å²) in [6.07, 6.45) is 1.85. The molecule has 5 nitrogen and oxygen atoms in total. The monoisotopic (exact) mass is 405 g/mol. The van der Waals surface area contributed by atoms with E-state index in [0.717, 1.165) is 19.0 Å². The molecule has 7 heteroatoms. The van der Waals surface area contributed by atoms with E-state index in [2.05, 4.69) is 29.5 Å². The first-order chi connectivity index (χ1) is 8.24. The molecule has 0 fully saturated rings. The quantitative estimate of drug-likeness (QED) is 0.384. The summed E-state index contributed by atoms with van der Waals surface area (Å²) >= 11 is 0. The van der Waals surface area contributed by atoms with Crippen molar-refractivity contribution in [1.29, 1.82) is 0 Å². The molecule has 0 aliphatic rings. The van der Waals surface area contributed by atoms with Crippen LogP contribution in [0, 0.1) is 5.92 Å². The number of hydrogen-bond acceptors (Lipinski definition) is 3. The van der Waals surface area contributed by atoms with Crippen LogP contribution in [0.1, 0.15) is 34.1 Å². The van der Waals surface area contributed by atoms with Gasteiger partial charge < -0.3 is 10.6 Å². The molecule has 0 saturated carbocycles. The normalized spacial score (nSPS) is 13.9. The fourth-order valence-electron chi connectivity index (χ4n) is 1.29. The second kappa shape index (κ2) is 10.7. The second-order valence-corrected chi connectivity index (χ2v) is 7.34. The van der Waals surface area contributed by atoms with Gasteiger partial charge in [0.25, 0.3) is 0 Å². The van der Waals surface area contributed by atoms with Gasteiger partial charge in [-0.3, -0.25) is 4.99 Å². The van der Waals surface area contributed by atoms with Crippen molar-refractivity contribution in [2.45, 2.75) is 40.2 Å². The van der Waals surface area contributed by atoms with Gasteiger partial charge in [0.1, 0.15) is 9.84 Å². The summed E-state index contributed by atoms with van der Waals surface area (Å²) in [5, 5.41) is 6.38. The molecule has 116 valence electrons. The third kappa shape index (κ3) is 14.2. The zero-order valence-corrected chi connectivity index (χ0v) is 15.7. The smallest absolute Gasteiger partial charge is 0.191 e. The van der Waals surface area contributed by atoms with Crippen LogP contribution in [0.2, 0.25) is 0 Å². The van der Waals surface area contributed by atoms with Gasteiger partial charge in [0.05, 0.1) is 5.75 Å². The van der Waals surface area contributed by atoms with E-state index in [-0.39, 0.29) is 35.8 Å². The molecule has 2 N–H and O–H groups in total. The topological polar surface area (TPSA) is 70.6 Å². The largest absolute Gasteiger partial charge is 0.357 e. The van der Waals surface area contributed by atoms with Crippen LogP contribution in [0.3, 0.4) is 0 Å². The van der Waals surface area contributed by atoms with Crippen LogP contribution in [0.5, 0.6) is 0 Å². The Labute approximate surface area is 135 Å². The SMILES string of the molecule is CCNC(=NCC(C)C)NC(C)CCS(C)(=O)=O.I. The minimum atomic E-state index is -2.89. The maximum absolute atomic E-state index is 11.1. The molecule has 0 aromatic rings. The molecule has 0 aromatic carbocycles. The van der Waals surface area contributed by atoms with Crippen molar-refractivity contribution in [2.75, 3.05) is 25.1 Å². The number of guanidine groups is 1. The highest BCUT2D eigenvalue weighted by Gasteiger charge is 2.09. The summed E-state index contributed by atoms with van der Waals surface area (Å²) < 4.78 is 22.2. The Bertz CT molecular complexity index is 356. The molecule has 0 rings (SSSR count). The lowest BCUT2D eigenvalue weighted by Gasteiger charge is -2.17. The summed E-state index contributed by atoms with van der Waals surface area (Å²) in [5.74, 6) is 1.46. The van der Waals surface area contributed by atoms with Gasteiger partial charge in [-0.2, -0.15) is 0 Å². The molecule has 0 heterocycles. The zero-order valence-electron chi connectivity index (χ0n) is 12.6. The lowest BCUT2D eigenvalue weighted by molar-refractivity contribution is 0.579. The van der Waals surface area contributed by atoms with E-state index in [9.17, 15) is 8.42 Å². The Hall–Kier alpha value is -0.0500. The highest BCUT2D eigenvalue weighted by Crippen LogP contribution is 1.96. The Morgan fingerprint density at radius 3 is 2.26 bits per heavy atom. The number of aliphatic imine (C=N–C) groups is 1. The van der Waals surface area contributed by atoms with Gasteiger partial charge in [-0.25, -0.2) is 8.42 Å². The first-order valence-corrected chi connectivity index (χ1v) is 8.53. The van der Waals surface area contributed by atoms with E-state index in [0.29, 0.717) is 12.3 Å². The highest BCUT2D eigenvalue weighted by molar-refractivity contribution is 14.0. The molecule has 0 saturated heterocycles. The molecule has 1 unspecified atom stereocenters. The Balaban J connectivity index is 0.